The van der Waals surface area contributed by atoms with Crippen LogP contribution in [0.4, 0.5) is 46.0 Å². The minimum Gasteiger partial charge on any atom is -0.479 e. The first-order valence-electron chi connectivity index (χ1n) is 16.5. The minimum absolute atomic E-state index is 0.0745. The van der Waals surface area contributed by atoms with Crippen molar-refractivity contribution >= 4 is 87.5 Å². The van der Waals surface area contributed by atoms with E-state index >= 15 is 0 Å². The summed E-state index contributed by atoms with van der Waals surface area (Å²) in [6, 6.07) is 29.8. The van der Waals surface area contributed by atoms with Gasteiger partial charge in [-0.05, 0) is 85.6 Å². The molecule has 0 aliphatic heterocycles. The second-order valence-corrected chi connectivity index (χ2v) is 15.8. The largest absolute Gasteiger partial charge is 0.479 e. The van der Waals surface area contributed by atoms with Crippen LogP contribution in [0.2, 0.25) is 0 Å². The standard InChI is InChI=1S/C38H31N9O6S2/c1-22-20-24(12-14-30(22)44-46-32-16-18-34(54(3,49)50)28-10-6-4-8-26(28)32)39-36-41-37(43-38(48)42-36)40-25-13-15-31(23(2)21-25)45-47-33-17-19-35(55(51,52)53)29-11-7-5-9-27(29)33/h4-21H,1-3H3,(H,51,52,53)(H3,39,40,41,42,43,48). The second-order valence-electron chi connectivity index (χ2n) is 12.4. The smallest absolute Gasteiger partial charge is 0.320 e. The van der Waals surface area contributed by atoms with Crippen molar-refractivity contribution in [3.8, 4) is 6.01 Å². The number of aromatic nitrogens is 3. The highest BCUT2D eigenvalue weighted by atomic mass is 32.2. The summed E-state index contributed by atoms with van der Waals surface area (Å²) in [4.78, 5) is 12.4. The third-order valence-corrected chi connectivity index (χ3v) is 10.5. The van der Waals surface area contributed by atoms with Crippen LogP contribution >= 0.6 is 0 Å². The Balaban J connectivity index is 1.06. The van der Waals surface area contributed by atoms with Crippen LogP contribution in [0.15, 0.2) is 139 Å². The molecule has 0 saturated heterocycles. The fraction of sp³-hybridized carbons (Fsp3) is 0.0789. The molecule has 0 unspecified atom stereocenters. The van der Waals surface area contributed by atoms with Crippen molar-refractivity contribution in [1.82, 2.24) is 15.0 Å². The number of nitrogens with zero attached hydrogens (tertiary/aromatic N) is 7. The molecule has 17 heteroatoms. The zero-order valence-electron chi connectivity index (χ0n) is 29.4. The molecular formula is C38H31N9O6S2. The number of aryl methyl sites for hydroxylation is 2. The molecule has 0 aliphatic carbocycles. The van der Waals surface area contributed by atoms with Gasteiger partial charge >= 0.3 is 6.01 Å². The number of rotatable bonds is 10. The summed E-state index contributed by atoms with van der Waals surface area (Å²) >= 11 is 0. The van der Waals surface area contributed by atoms with Crippen molar-refractivity contribution < 1.29 is 26.5 Å². The van der Waals surface area contributed by atoms with Crippen molar-refractivity contribution in [3.63, 3.8) is 0 Å². The first kappa shape index (κ1) is 36.7. The monoisotopic (exact) mass is 773 g/mol. The highest BCUT2D eigenvalue weighted by molar-refractivity contribution is 7.91. The van der Waals surface area contributed by atoms with E-state index in [1.807, 2.05) is 26.0 Å². The molecule has 7 rings (SSSR count). The number of benzene rings is 6. The summed E-state index contributed by atoms with van der Waals surface area (Å²) in [7, 11) is -7.86. The Morgan fingerprint density at radius 3 is 1.36 bits per heavy atom. The molecule has 1 aromatic heterocycles. The zero-order valence-corrected chi connectivity index (χ0v) is 31.0. The van der Waals surface area contributed by atoms with Crippen LogP contribution in [-0.4, -0.2) is 47.7 Å². The van der Waals surface area contributed by atoms with Gasteiger partial charge in [0.25, 0.3) is 10.1 Å². The van der Waals surface area contributed by atoms with Gasteiger partial charge in [0.15, 0.2) is 9.84 Å². The number of hydrogen-bond donors (Lipinski definition) is 4. The number of sulfone groups is 1. The molecule has 276 valence electrons. The SMILES string of the molecule is Cc1cc(Nc2nc(O)nc(Nc3ccc(N=Nc4ccc(S(=O)(=O)O)c5ccccc45)c(C)c3)n2)ccc1N=Nc1ccc(S(C)(=O)=O)c2ccccc12. The lowest BCUT2D eigenvalue weighted by molar-refractivity contribution is 0.430. The lowest BCUT2D eigenvalue weighted by Crippen LogP contribution is -2.03. The number of fused-ring (bicyclic) bond motifs is 2. The number of nitrogens with one attached hydrogen (secondary N) is 2. The average Bonchev–Trinajstić information content (AvgIpc) is 3.13. The van der Waals surface area contributed by atoms with Crippen molar-refractivity contribution in [2.45, 2.75) is 23.6 Å². The maximum atomic E-state index is 12.3. The molecule has 6 aromatic carbocycles. The van der Waals surface area contributed by atoms with E-state index in [0.717, 1.165) is 11.1 Å². The minimum atomic E-state index is -4.43. The first-order chi connectivity index (χ1) is 26.2. The second kappa shape index (κ2) is 14.6. The normalized spacial score (nSPS) is 12.2. The highest BCUT2D eigenvalue weighted by Crippen LogP contribution is 2.35. The molecule has 55 heavy (non-hydrogen) atoms. The van der Waals surface area contributed by atoms with Crippen LogP contribution in [0.3, 0.4) is 0 Å². The average molecular weight is 774 g/mol. The van der Waals surface area contributed by atoms with E-state index in [4.69, 9.17) is 0 Å². The van der Waals surface area contributed by atoms with Crippen LogP contribution in [0.25, 0.3) is 21.5 Å². The maximum absolute atomic E-state index is 12.3. The molecular weight excluding hydrogens is 743 g/mol. The number of azo groups is 2. The highest BCUT2D eigenvalue weighted by Gasteiger charge is 2.17. The van der Waals surface area contributed by atoms with E-state index in [1.165, 1.54) is 24.5 Å². The van der Waals surface area contributed by atoms with E-state index in [1.54, 1.807) is 78.9 Å². The predicted molar refractivity (Wildman–Crippen MR) is 210 cm³/mol. The fourth-order valence-electron chi connectivity index (χ4n) is 5.87. The number of hydrogen-bond acceptors (Lipinski definition) is 14. The van der Waals surface area contributed by atoms with Crippen molar-refractivity contribution in [2.75, 3.05) is 16.9 Å². The van der Waals surface area contributed by atoms with E-state index < -0.39 is 26.0 Å². The van der Waals surface area contributed by atoms with E-state index in [2.05, 4.69) is 46.0 Å². The Hall–Kier alpha value is -6.69. The van der Waals surface area contributed by atoms with Gasteiger partial charge in [-0.15, -0.1) is 10.2 Å². The van der Waals surface area contributed by atoms with Crippen LogP contribution < -0.4 is 10.6 Å². The Morgan fingerprint density at radius 2 is 0.927 bits per heavy atom. The van der Waals surface area contributed by atoms with Gasteiger partial charge in [0.1, 0.15) is 4.90 Å². The van der Waals surface area contributed by atoms with E-state index in [0.29, 0.717) is 55.7 Å². The molecule has 0 radical (unpaired) electrons. The van der Waals surface area contributed by atoms with Crippen molar-refractivity contribution in [1.29, 1.82) is 0 Å². The van der Waals surface area contributed by atoms with Gasteiger partial charge in [0, 0.05) is 39.2 Å². The van der Waals surface area contributed by atoms with Gasteiger partial charge in [0.05, 0.1) is 27.6 Å². The molecule has 0 aliphatic rings. The fourth-order valence-corrected chi connectivity index (χ4v) is 7.46. The van der Waals surface area contributed by atoms with Crippen LogP contribution in [-0.2, 0) is 20.0 Å². The van der Waals surface area contributed by atoms with Crippen molar-refractivity contribution in [3.05, 3.63) is 120 Å². The lowest BCUT2D eigenvalue weighted by atomic mass is 10.1. The number of anilines is 4. The van der Waals surface area contributed by atoms with Gasteiger partial charge in [-0.1, -0.05) is 48.5 Å². The first-order valence-corrected chi connectivity index (χ1v) is 19.8. The number of aromatic hydroxyl groups is 1. The van der Waals surface area contributed by atoms with Gasteiger partial charge in [-0.25, -0.2) is 8.42 Å². The Labute approximate surface area is 315 Å². The quantitative estimate of drug-likeness (QED) is 0.0757. The van der Waals surface area contributed by atoms with Crippen LogP contribution in [0.1, 0.15) is 11.1 Å². The molecule has 4 N–H and O–H groups in total. The van der Waals surface area contributed by atoms with E-state index in [-0.39, 0.29) is 21.7 Å². The molecule has 0 spiro atoms. The van der Waals surface area contributed by atoms with Gasteiger partial charge in [-0.2, -0.15) is 33.6 Å². The zero-order chi connectivity index (χ0) is 38.9. The van der Waals surface area contributed by atoms with Gasteiger partial charge in [0.2, 0.25) is 11.9 Å². The molecule has 0 bridgehead atoms. The third kappa shape index (κ3) is 8.13. The summed E-state index contributed by atoms with van der Waals surface area (Å²) in [6.07, 6.45) is 1.17. The molecule has 0 amide bonds. The molecule has 0 fully saturated rings. The summed E-state index contributed by atoms with van der Waals surface area (Å²) in [6.45, 7) is 3.69. The van der Waals surface area contributed by atoms with Crippen LogP contribution in [0.5, 0.6) is 6.01 Å². The Morgan fingerprint density at radius 1 is 0.527 bits per heavy atom. The predicted octanol–water partition coefficient (Wildman–Crippen LogP) is 9.47. The molecule has 0 atom stereocenters. The molecule has 15 nitrogen and oxygen atoms in total. The Bertz CT molecular complexity index is 2740. The molecule has 1 heterocycles. The molecule has 0 saturated carbocycles. The Kier molecular flexibility index (Phi) is 9.74. The topological polar surface area (TPSA) is 221 Å². The van der Waals surface area contributed by atoms with Gasteiger partial charge in [-0.3, -0.25) is 4.55 Å². The third-order valence-electron chi connectivity index (χ3n) is 8.46. The van der Waals surface area contributed by atoms with Gasteiger partial charge < -0.3 is 15.7 Å². The summed E-state index contributed by atoms with van der Waals surface area (Å²) in [5.74, 6) is 0.154. The van der Waals surface area contributed by atoms with Crippen molar-refractivity contribution in [2.24, 2.45) is 20.5 Å². The molecule has 7 aromatic rings. The van der Waals surface area contributed by atoms with Crippen LogP contribution in [0, 0.1) is 13.8 Å². The summed E-state index contributed by atoms with van der Waals surface area (Å²) in [5.41, 5.74) is 4.82. The maximum Gasteiger partial charge on any atom is 0.320 e. The lowest BCUT2D eigenvalue weighted by Gasteiger charge is -2.10. The summed E-state index contributed by atoms with van der Waals surface area (Å²) in [5, 5.41) is 36.1. The van der Waals surface area contributed by atoms with E-state index in [9.17, 15) is 26.5 Å². The summed E-state index contributed by atoms with van der Waals surface area (Å²) < 4.78 is 57.9.